The summed E-state index contributed by atoms with van der Waals surface area (Å²) in [5, 5.41) is 12.7. The molecule has 0 bridgehead atoms. The molecule has 1 amide bonds. The fourth-order valence-corrected chi connectivity index (χ4v) is 6.38. The number of hydrogen-bond acceptors (Lipinski definition) is 8. The number of carbonyl (C=O) groups excluding carboxylic acids is 1. The van der Waals surface area contributed by atoms with Gasteiger partial charge in [0.2, 0.25) is 5.91 Å². The Morgan fingerprint density at radius 2 is 1.69 bits per heavy atom. The van der Waals surface area contributed by atoms with E-state index in [0.717, 1.165) is 47.0 Å². The van der Waals surface area contributed by atoms with Crippen molar-refractivity contribution in [1.82, 2.24) is 14.2 Å². The quantitative estimate of drug-likeness (QED) is 0.241. The van der Waals surface area contributed by atoms with Crippen LogP contribution in [0.3, 0.4) is 0 Å². The molecule has 0 spiro atoms. The van der Waals surface area contributed by atoms with E-state index < -0.39 is 20.9 Å². The topological polar surface area (TPSA) is 127 Å². The molecule has 0 atom stereocenters. The molecule has 11 nitrogen and oxygen atoms in total. The lowest BCUT2D eigenvalue weighted by Crippen LogP contribution is -2.44. The maximum absolute atomic E-state index is 13.2. The van der Waals surface area contributed by atoms with E-state index >= 15 is 0 Å². The van der Waals surface area contributed by atoms with E-state index in [0.29, 0.717) is 30.1 Å². The zero-order chi connectivity index (χ0) is 30.2. The summed E-state index contributed by atoms with van der Waals surface area (Å²) in [7, 11) is -0.855. The number of benzene rings is 3. The average molecular weight is 592 g/mol. The van der Waals surface area contributed by atoms with Gasteiger partial charge in [0.25, 0.3) is 15.7 Å². The lowest BCUT2D eigenvalue weighted by atomic mass is 10.1. The molecule has 0 unspecified atom stereocenters. The molecule has 5 rings (SSSR count). The minimum Gasteiger partial charge on any atom is -0.497 e. The van der Waals surface area contributed by atoms with Crippen LogP contribution in [-0.2, 0) is 21.2 Å². The van der Waals surface area contributed by atoms with Crippen LogP contribution < -0.4 is 14.4 Å². The number of nitrogens with one attached hydrogen (secondary N) is 1. The Morgan fingerprint density at radius 1 is 1.00 bits per heavy atom. The van der Waals surface area contributed by atoms with Crippen LogP contribution in [0.25, 0.3) is 16.6 Å². The number of ether oxygens (including phenoxy) is 1. The number of hydrogen-bond donors (Lipinski definition) is 1. The maximum atomic E-state index is 13.2. The molecular formula is C30H33N5O6S. The van der Waals surface area contributed by atoms with Crippen molar-refractivity contribution in [3.05, 3.63) is 87.6 Å². The highest BCUT2D eigenvalue weighted by Gasteiger charge is 2.28. The van der Waals surface area contributed by atoms with Gasteiger partial charge in [-0.15, -0.1) is 0 Å². The molecule has 42 heavy (non-hydrogen) atoms. The van der Waals surface area contributed by atoms with Crippen molar-refractivity contribution in [1.29, 1.82) is 0 Å². The first-order chi connectivity index (χ1) is 20.0. The Labute approximate surface area is 244 Å². The summed E-state index contributed by atoms with van der Waals surface area (Å²) < 4.78 is 36.0. The SMILES string of the molecule is COc1ccc2c(c1)c(CC(=O)NS(=O)(=O)c1ccc(N3CCN(C)CC3)c([N+](=O)[O-])c1)c(C)n2-c1ccc(C)cc1. The number of aryl methyl sites for hydroxylation is 1. The van der Waals surface area contributed by atoms with Gasteiger partial charge in [-0.2, -0.15) is 0 Å². The molecule has 0 radical (unpaired) electrons. The first-order valence-corrected chi connectivity index (χ1v) is 15.0. The first kappa shape index (κ1) is 29.1. The molecule has 0 saturated carbocycles. The molecule has 220 valence electrons. The molecule has 1 aliphatic heterocycles. The highest BCUT2D eigenvalue weighted by molar-refractivity contribution is 7.90. The summed E-state index contributed by atoms with van der Waals surface area (Å²) in [4.78, 5) is 28.2. The summed E-state index contributed by atoms with van der Waals surface area (Å²) in [6.07, 6.45) is -0.227. The van der Waals surface area contributed by atoms with Crippen LogP contribution in [0, 0.1) is 24.0 Å². The number of amides is 1. The molecule has 1 aliphatic rings. The van der Waals surface area contributed by atoms with Crippen LogP contribution in [0.5, 0.6) is 5.75 Å². The molecular weight excluding hydrogens is 558 g/mol. The molecule has 1 fully saturated rings. The van der Waals surface area contributed by atoms with Crippen LogP contribution in [0.1, 0.15) is 16.8 Å². The molecule has 4 aromatic rings. The van der Waals surface area contributed by atoms with Gasteiger partial charge in [0.15, 0.2) is 0 Å². The summed E-state index contributed by atoms with van der Waals surface area (Å²) >= 11 is 0. The van der Waals surface area contributed by atoms with Gasteiger partial charge >= 0.3 is 0 Å². The number of piperazine rings is 1. The Bertz CT molecular complexity index is 1770. The number of rotatable bonds is 8. The fourth-order valence-electron chi connectivity index (χ4n) is 5.38. The average Bonchev–Trinajstić information content (AvgIpc) is 3.23. The molecule has 1 saturated heterocycles. The predicted octanol–water partition coefficient (Wildman–Crippen LogP) is 3.96. The third-order valence-corrected chi connectivity index (χ3v) is 9.09. The Balaban J connectivity index is 1.45. The lowest BCUT2D eigenvalue weighted by molar-refractivity contribution is -0.384. The molecule has 2 heterocycles. The third kappa shape index (κ3) is 5.68. The molecule has 1 aromatic heterocycles. The summed E-state index contributed by atoms with van der Waals surface area (Å²) in [5.41, 5.74) is 4.32. The summed E-state index contributed by atoms with van der Waals surface area (Å²) in [6, 6.07) is 17.3. The standard InChI is InChI=1S/C30H33N5O6S/c1-20-5-7-22(8-6-20)34-21(2)25(26-17-23(41-4)9-11-27(26)34)19-30(36)31-42(39,40)24-10-12-28(29(18-24)35(37)38)33-15-13-32(3)14-16-33/h5-12,17-18H,13-16,19H2,1-4H3,(H,31,36). The van der Waals surface area contributed by atoms with E-state index in [1.807, 2.05) is 72.8 Å². The minimum atomic E-state index is -4.38. The fraction of sp³-hybridized carbons (Fsp3) is 0.300. The maximum Gasteiger partial charge on any atom is 0.293 e. The van der Waals surface area contributed by atoms with Crippen molar-refractivity contribution in [2.45, 2.75) is 25.2 Å². The van der Waals surface area contributed by atoms with Crippen LogP contribution in [-0.4, -0.2) is 69.1 Å². The van der Waals surface area contributed by atoms with Crippen molar-refractivity contribution in [3.63, 3.8) is 0 Å². The molecule has 0 aliphatic carbocycles. The molecule has 12 heteroatoms. The number of aromatic nitrogens is 1. The van der Waals surface area contributed by atoms with E-state index in [-0.39, 0.29) is 17.0 Å². The first-order valence-electron chi connectivity index (χ1n) is 13.5. The number of likely N-dealkylation sites (N-methyl/N-ethyl adjacent to an activating group) is 1. The zero-order valence-electron chi connectivity index (χ0n) is 24.0. The van der Waals surface area contributed by atoms with Gasteiger partial charge in [0.1, 0.15) is 11.4 Å². The van der Waals surface area contributed by atoms with Gasteiger partial charge in [0.05, 0.1) is 28.9 Å². The van der Waals surface area contributed by atoms with Crippen molar-refractivity contribution in [2.24, 2.45) is 0 Å². The second kappa shape index (κ2) is 11.5. The van der Waals surface area contributed by atoms with E-state index in [1.165, 1.54) is 12.1 Å². The second-order valence-electron chi connectivity index (χ2n) is 10.5. The summed E-state index contributed by atoms with van der Waals surface area (Å²) in [5.74, 6) is -0.153. The van der Waals surface area contributed by atoms with Crippen LogP contribution in [0.2, 0.25) is 0 Å². The van der Waals surface area contributed by atoms with Crippen LogP contribution in [0.15, 0.2) is 65.6 Å². The highest BCUT2D eigenvalue weighted by atomic mass is 32.2. The monoisotopic (exact) mass is 591 g/mol. The van der Waals surface area contributed by atoms with E-state index in [9.17, 15) is 23.3 Å². The van der Waals surface area contributed by atoms with Gasteiger partial charge in [-0.05, 0) is 68.9 Å². The number of sulfonamides is 1. The van der Waals surface area contributed by atoms with Gasteiger partial charge in [-0.1, -0.05) is 17.7 Å². The number of nitro benzene ring substituents is 1. The van der Waals surface area contributed by atoms with Gasteiger partial charge in [-0.3, -0.25) is 14.9 Å². The van der Waals surface area contributed by atoms with Gasteiger partial charge in [0, 0.05) is 49.0 Å². The van der Waals surface area contributed by atoms with Crippen molar-refractivity contribution < 1.29 is 22.9 Å². The smallest absolute Gasteiger partial charge is 0.293 e. The number of nitrogens with zero attached hydrogens (tertiary/aromatic N) is 4. The zero-order valence-corrected chi connectivity index (χ0v) is 24.8. The van der Waals surface area contributed by atoms with Crippen LogP contribution >= 0.6 is 0 Å². The van der Waals surface area contributed by atoms with Gasteiger partial charge in [-0.25, -0.2) is 13.1 Å². The Morgan fingerprint density at radius 3 is 2.33 bits per heavy atom. The number of fused-ring (bicyclic) bond motifs is 1. The van der Waals surface area contributed by atoms with Crippen molar-refractivity contribution in [2.75, 3.05) is 45.2 Å². The van der Waals surface area contributed by atoms with Crippen molar-refractivity contribution in [3.8, 4) is 11.4 Å². The predicted molar refractivity (Wildman–Crippen MR) is 161 cm³/mol. The molecule has 3 aromatic carbocycles. The largest absolute Gasteiger partial charge is 0.497 e. The number of nitro groups is 1. The number of anilines is 1. The highest BCUT2D eigenvalue weighted by Crippen LogP contribution is 2.34. The van der Waals surface area contributed by atoms with Crippen molar-refractivity contribution >= 4 is 38.2 Å². The Hall–Kier alpha value is -4.42. The summed E-state index contributed by atoms with van der Waals surface area (Å²) in [6.45, 7) is 6.52. The normalized spacial score (nSPS) is 14.2. The minimum absolute atomic E-state index is 0.227. The van der Waals surface area contributed by atoms with E-state index in [2.05, 4.69) is 9.62 Å². The van der Waals surface area contributed by atoms with E-state index in [1.54, 1.807) is 7.11 Å². The number of methoxy groups -OCH3 is 1. The van der Waals surface area contributed by atoms with E-state index in [4.69, 9.17) is 4.74 Å². The van der Waals surface area contributed by atoms with Crippen LogP contribution in [0.4, 0.5) is 11.4 Å². The second-order valence-corrected chi connectivity index (χ2v) is 12.2. The molecule has 1 N–H and O–H groups in total. The number of carbonyl (C=O) groups is 1. The lowest BCUT2D eigenvalue weighted by Gasteiger charge is -2.33. The third-order valence-electron chi connectivity index (χ3n) is 7.72. The Kier molecular flexibility index (Phi) is 7.93. The van der Waals surface area contributed by atoms with Gasteiger partial charge < -0.3 is 19.1 Å².